The molecule has 0 heterocycles. The Morgan fingerprint density at radius 3 is 2.30 bits per heavy atom. The van der Waals surface area contributed by atoms with Gasteiger partial charge in [0, 0.05) is 0 Å². The van der Waals surface area contributed by atoms with Crippen molar-refractivity contribution >= 4 is 19.8 Å². The van der Waals surface area contributed by atoms with Crippen molar-refractivity contribution in [3.05, 3.63) is 12.7 Å². The van der Waals surface area contributed by atoms with Crippen LogP contribution >= 0.6 is 19.8 Å². The molecule has 0 aliphatic carbocycles. The van der Waals surface area contributed by atoms with E-state index in [1.165, 1.54) is 40.5 Å². The van der Waals surface area contributed by atoms with Crippen LogP contribution in [0.25, 0.3) is 0 Å². The number of allylic oxidation sites excluding steroid dienone is 1. The predicted octanol–water partition coefficient (Wildman–Crippen LogP) is 3.83. The molecule has 0 spiro atoms. The zero-order valence-electron chi connectivity index (χ0n) is 6.78. The Labute approximate surface area is 85.7 Å². The second kappa shape index (κ2) is 16.6. The average Bonchev–Trinajstić information content (AvgIpc) is 2.02. The zero-order valence-corrected chi connectivity index (χ0v) is 11.9. The van der Waals surface area contributed by atoms with Crippen LogP contribution in [0.3, 0.4) is 0 Å². The van der Waals surface area contributed by atoms with Gasteiger partial charge in [0.1, 0.15) is 0 Å². The molecule has 56 valence electrons. The van der Waals surface area contributed by atoms with Gasteiger partial charge in [0.25, 0.3) is 0 Å². The molecule has 0 saturated heterocycles. The minimum atomic E-state index is 1.08. The Balaban J connectivity index is 0. The van der Waals surface area contributed by atoms with Gasteiger partial charge in [0.05, 0.1) is 0 Å². The number of unbranched alkanes of at least 4 members (excludes halogenated alkanes) is 4. The summed E-state index contributed by atoms with van der Waals surface area (Å²) in [5.74, 6) is 0. The summed E-state index contributed by atoms with van der Waals surface area (Å²) in [4.78, 5) is 0. The van der Waals surface area contributed by atoms with Gasteiger partial charge in [-0.05, 0) is 0 Å². The van der Waals surface area contributed by atoms with E-state index in [-0.39, 0.29) is 0 Å². The SMILES string of the molecule is [CH-]=CCCCCCC.[Zn+][I]. The van der Waals surface area contributed by atoms with Gasteiger partial charge in [-0.3, -0.25) is 6.08 Å². The summed E-state index contributed by atoms with van der Waals surface area (Å²) < 4.78 is 0. The first-order valence-electron chi connectivity index (χ1n) is 3.72. The maximum atomic E-state index is 5.19. The fourth-order valence-corrected chi connectivity index (χ4v) is 0.689. The van der Waals surface area contributed by atoms with Crippen molar-refractivity contribution < 1.29 is 14.8 Å². The zero-order chi connectivity index (χ0) is 8.24. The van der Waals surface area contributed by atoms with Crippen molar-refractivity contribution in [2.24, 2.45) is 0 Å². The van der Waals surface area contributed by atoms with Gasteiger partial charge in [-0.25, -0.2) is 0 Å². The molecule has 0 unspecified atom stereocenters. The van der Waals surface area contributed by atoms with Crippen molar-refractivity contribution in [3.63, 3.8) is 0 Å². The molecular weight excluding hydrogens is 288 g/mol. The van der Waals surface area contributed by atoms with Crippen LogP contribution in [0.2, 0.25) is 0 Å². The van der Waals surface area contributed by atoms with Crippen LogP contribution in [-0.4, -0.2) is 0 Å². The quantitative estimate of drug-likeness (QED) is 0.313. The molecule has 0 fully saturated rings. The Morgan fingerprint density at radius 1 is 1.30 bits per heavy atom. The Hall–Kier alpha value is 1.09. The van der Waals surface area contributed by atoms with Gasteiger partial charge in [-0.2, -0.15) is 0 Å². The van der Waals surface area contributed by atoms with E-state index in [4.69, 9.17) is 6.58 Å². The second-order valence-electron chi connectivity index (χ2n) is 2.09. The van der Waals surface area contributed by atoms with E-state index in [1.807, 2.05) is 0 Å². The average molecular weight is 304 g/mol. The van der Waals surface area contributed by atoms with Crippen molar-refractivity contribution in [1.82, 2.24) is 0 Å². The van der Waals surface area contributed by atoms with Gasteiger partial charge in [-0.1, -0.05) is 39.0 Å². The molecule has 0 N–H and O–H groups in total. The van der Waals surface area contributed by atoms with Crippen molar-refractivity contribution in [2.45, 2.75) is 39.0 Å². The maximum absolute atomic E-state index is 5.19. The Morgan fingerprint density at radius 2 is 1.90 bits per heavy atom. The van der Waals surface area contributed by atoms with Crippen LogP contribution < -0.4 is 0 Å². The van der Waals surface area contributed by atoms with Gasteiger partial charge in [-0.15, -0.1) is 0 Å². The first-order chi connectivity index (χ1) is 4.91. The molecule has 0 bridgehead atoms. The van der Waals surface area contributed by atoms with E-state index in [1.54, 1.807) is 6.08 Å². The Kier molecular flexibility index (Phi) is 22.7. The molecule has 0 nitrogen and oxygen atoms in total. The molecule has 0 radical (unpaired) electrons. The van der Waals surface area contributed by atoms with E-state index in [0.29, 0.717) is 0 Å². The van der Waals surface area contributed by atoms with Crippen LogP contribution in [0.1, 0.15) is 39.0 Å². The van der Waals surface area contributed by atoms with Crippen LogP contribution in [0.15, 0.2) is 6.08 Å². The van der Waals surface area contributed by atoms with E-state index >= 15 is 0 Å². The first-order valence-corrected chi connectivity index (χ1v) is 12.8. The summed E-state index contributed by atoms with van der Waals surface area (Å²) >= 11 is 3.62. The molecule has 0 aliphatic rings. The van der Waals surface area contributed by atoms with Gasteiger partial charge < -0.3 is 6.58 Å². The third-order valence-corrected chi connectivity index (χ3v) is 1.22. The molecule has 10 heavy (non-hydrogen) atoms. The number of halogens is 1. The summed E-state index contributed by atoms with van der Waals surface area (Å²) in [6.07, 6.45) is 8.10. The van der Waals surface area contributed by atoms with Gasteiger partial charge in [0.2, 0.25) is 0 Å². The summed E-state index contributed by atoms with van der Waals surface area (Å²) in [6.45, 7) is 7.40. The summed E-state index contributed by atoms with van der Waals surface area (Å²) in [5, 5.41) is 0. The van der Waals surface area contributed by atoms with Gasteiger partial charge in [0.15, 0.2) is 0 Å². The fraction of sp³-hybridized carbons (Fsp3) is 0.750. The van der Waals surface area contributed by atoms with Crippen molar-refractivity contribution in [3.8, 4) is 0 Å². The summed E-state index contributed by atoms with van der Waals surface area (Å²) in [7, 11) is 0. The van der Waals surface area contributed by atoms with Crippen LogP contribution in [0.4, 0.5) is 0 Å². The topological polar surface area (TPSA) is 0 Å². The molecule has 2 heteroatoms. The standard InChI is InChI=1S/C8H15.HI.Zn/c1-3-5-7-8-6-4-2;;/h1,3H,4-8H2,2H3;1H;/q-1;;+2/p-1. The summed E-state index contributed by atoms with van der Waals surface area (Å²) in [5.41, 5.74) is 0. The third kappa shape index (κ3) is 16.0. The molecule has 0 atom stereocenters. The predicted molar refractivity (Wildman–Crippen MR) is 51.6 cm³/mol. The second-order valence-corrected chi connectivity index (χ2v) is 2.09. The van der Waals surface area contributed by atoms with E-state index < -0.39 is 0 Å². The first kappa shape index (κ1) is 13.7. The molecule has 0 aliphatic heterocycles. The molecular formula is C8H15IZn. The van der Waals surface area contributed by atoms with Crippen LogP contribution in [-0.2, 0) is 14.8 Å². The molecule has 0 aromatic heterocycles. The molecule has 0 amide bonds. The van der Waals surface area contributed by atoms with E-state index in [9.17, 15) is 0 Å². The summed E-state index contributed by atoms with van der Waals surface area (Å²) in [6, 6.07) is 0. The molecule has 0 saturated carbocycles. The van der Waals surface area contributed by atoms with Gasteiger partial charge >= 0.3 is 34.5 Å². The van der Waals surface area contributed by atoms with Crippen molar-refractivity contribution in [2.75, 3.05) is 0 Å². The van der Waals surface area contributed by atoms with Crippen molar-refractivity contribution in [1.29, 1.82) is 0 Å². The molecule has 0 rings (SSSR count). The molecule has 0 aromatic rings. The van der Waals surface area contributed by atoms with Crippen LogP contribution in [0, 0.1) is 6.58 Å². The monoisotopic (exact) mass is 302 g/mol. The number of rotatable bonds is 5. The fourth-order valence-electron chi connectivity index (χ4n) is 0.689. The van der Waals surface area contributed by atoms with E-state index in [2.05, 4.69) is 26.7 Å². The minimum absolute atomic E-state index is 1.08. The third-order valence-electron chi connectivity index (χ3n) is 1.22. The Bertz CT molecular complexity index is 55.2. The molecule has 0 aromatic carbocycles. The number of hydrogen-bond donors (Lipinski definition) is 0. The van der Waals surface area contributed by atoms with E-state index in [0.717, 1.165) is 6.42 Å². The van der Waals surface area contributed by atoms with Crippen LogP contribution in [0.5, 0.6) is 0 Å². The number of hydrogen-bond acceptors (Lipinski definition) is 0. The normalized spacial score (nSPS) is 8.00.